The van der Waals surface area contributed by atoms with Gasteiger partial charge in [0.15, 0.2) is 5.78 Å². The van der Waals surface area contributed by atoms with Crippen LogP contribution in [0.5, 0.6) is 0 Å². The third-order valence-electron chi connectivity index (χ3n) is 3.38. The molecule has 0 aliphatic rings. The van der Waals surface area contributed by atoms with Crippen molar-refractivity contribution in [2.45, 2.75) is 0 Å². The summed E-state index contributed by atoms with van der Waals surface area (Å²) in [5.41, 5.74) is 2.41. The van der Waals surface area contributed by atoms with Crippen LogP contribution in [0.15, 0.2) is 72.8 Å². The van der Waals surface area contributed by atoms with Gasteiger partial charge in [0.25, 0.3) is 0 Å². The first-order chi connectivity index (χ1) is 10.6. The SMILES string of the molecule is O=C(c1ccc(-c2ccccc2)cc1)c1cc(F)cc(F)c1. The number of hydrogen-bond donors (Lipinski definition) is 0. The molecule has 0 saturated carbocycles. The molecule has 0 aromatic heterocycles. The van der Waals surface area contributed by atoms with Crippen LogP contribution in [0, 0.1) is 11.6 Å². The Morgan fingerprint density at radius 3 is 1.77 bits per heavy atom. The van der Waals surface area contributed by atoms with E-state index in [0.717, 1.165) is 29.3 Å². The van der Waals surface area contributed by atoms with E-state index in [-0.39, 0.29) is 5.56 Å². The quantitative estimate of drug-likeness (QED) is 0.630. The molecule has 0 atom stereocenters. The molecule has 3 aromatic carbocycles. The molecule has 3 rings (SSSR count). The molecule has 0 amide bonds. The van der Waals surface area contributed by atoms with Crippen LogP contribution in [0.2, 0.25) is 0 Å². The van der Waals surface area contributed by atoms with Gasteiger partial charge in [-0.05, 0) is 23.3 Å². The summed E-state index contributed by atoms with van der Waals surface area (Å²) in [5, 5.41) is 0. The highest BCUT2D eigenvalue weighted by molar-refractivity contribution is 6.09. The predicted octanol–water partition coefficient (Wildman–Crippen LogP) is 4.86. The average Bonchev–Trinajstić information content (AvgIpc) is 2.54. The van der Waals surface area contributed by atoms with Crippen LogP contribution in [0.4, 0.5) is 8.78 Å². The number of carbonyl (C=O) groups is 1. The third-order valence-corrected chi connectivity index (χ3v) is 3.38. The lowest BCUT2D eigenvalue weighted by Gasteiger charge is -2.05. The van der Waals surface area contributed by atoms with E-state index in [1.165, 1.54) is 0 Å². The zero-order valence-electron chi connectivity index (χ0n) is 11.6. The van der Waals surface area contributed by atoms with Crippen molar-refractivity contribution >= 4 is 5.78 Å². The van der Waals surface area contributed by atoms with Crippen LogP contribution < -0.4 is 0 Å². The Morgan fingerprint density at radius 1 is 0.636 bits per heavy atom. The highest BCUT2D eigenvalue weighted by Gasteiger charge is 2.12. The molecule has 0 unspecified atom stereocenters. The van der Waals surface area contributed by atoms with E-state index in [4.69, 9.17) is 0 Å². The van der Waals surface area contributed by atoms with Crippen LogP contribution in [0.25, 0.3) is 11.1 Å². The Hall–Kier alpha value is -2.81. The lowest BCUT2D eigenvalue weighted by molar-refractivity contribution is 0.103. The first kappa shape index (κ1) is 14.1. The summed E-state index contributed by atoms with van der Waals surface area (Å²) in [6.45, 7) is 0. The van der Waals surface area contributed by atoms with Gasteiger partial charge in [0, 0.05) is 17.2 Å². The lowest BCUT2D eigenvalue weighted by Crippen LogP contribution is -2.02. The normalized spacial score (nSPS) is 10.5. The summed E-state index contributed by atoms with van der Waals surface area (Å²) in [7, 11) is 0. The Kier molecular flexibility index (Phi) is 3.79. The van der Waals surface area contributed by atoms with Gasteiger partial charge in [-0.15, -0.1) is 0 Å². The molecular weight excluding hydrogens is 282 g/mol. The third kappa shape index (κ3) is 2.93. The minimum atomic E-state index is -0.760. The molecule has 0 aliphatic carbocycles. The first-order valence-corrected chi connectivity index (χ1v) is 6.80. The highest BCUT2D eigenvalue weighted by atomic mass is 19.1. The minimum absolute atomic E-state index is 0.00459. The van der Waals surface area contributed by atoms with Crippen molar-refractivity contribution in [1.82, 2.24) is 0 Å². The van der Waals surface area contributed by atoms with Gasteiger partial charge in [0.2, 0.25) is 0 Å². The van der Waals surface area contributed by atoms with Crippen molar-refractivity contribution in [2.75, 3.05) is 0 Å². The van der Waals surface area contributed by atoms with E-state index >= 15 is 0 Å². The second-order valence-corrected chi connectivity index (χ2v) is 4.93. The molecule has 0 spiro atoms. The Morgan fingerprint density at radius 2 is 1.18 bits per heavy atom. The molecule has 0 bridgehead atoms. The Bertz CT molecular complexity index is 788. The second-order valence-electron chi connectivity index (χ2n) is 4.93. The molecule has 3 aromatic rings. The molecule has 0 N–H and O–H groups in total. The monoisotopic (exact) mass is 294 g/mol. The predicted molar refractivity (Wildman–Crippen MR) is 81.7 cm³/mol. The maximum absolute atomic E-state index is 13.2. The van der Waals surface area contributed by atoms with Crippen LogP contribution in [0.3, 0.4) is 0 Å². The van der Waals surface area contributed by atoms with Crippen molar-refractivity contribution < 1.29 is 13.6 Å². The Balaban J connectivity index is 1.91. The maximum atomic E-state index is 13.2. The summed E-state index contributed by atoms with van der Waals surface area (Å²) >= 11 is 0. The van der Waals surface area contributed by atoms with E-state index in [0.29, 0.717) is 5.56 Å². The molecular formula is C19H12F2O. The molecule has 0 radical (unpaired) electrons. The first-order valence-electron chi connectivity index (χ1n) is 6.80. The van der Waals surface area contributed by atoms with Gasteiger partial charge in [0.05, 0.1) is 0 Å². The van der Waals surface area contributed by atoms with Gasteiger partial charge in [-0.3, -0.25) is 4.79 Å². The van der Waals surface area contributed by atoms with Crippen LogP contribution in [-0.2, 0) is 0 Å². The van der Waals surface area contributed by atoms with Gasteiger partial charge in [-0.25, -0.2) is 8.78 Å². The maximum Gasteiger partial charge on any atom is 0.193 e. The fourth-order valence-electron chi connectivity index (χ4n) is 2.30. The van der Waals surface area contributed by atoms with E-state index in [1.807, 2.05) is 42.5 Å². The molecule has 0 fully saturated rings. The standard InChI is InChI=1S/C19H12F2O/c20-17-10-16(11-18(21)12-17)19(22)15-8-6-14(7-9-15)13-4-2-1-3-5-13/h1-12H. The number of ketones is 1. The lowest BCUT2D eigenvalue weighted by atomic mass is 9.99. The van der Waals surface area contributed by atoms with E-state index in [9.17, 15) is 13.6 Å². The molecule has 108 valence electrons. The summed E-state index contributed by atoms with van der Waals surface area (Å²) < 4.78 is 26.4. The van der Waals surface area contributed by atoms with Gasteiger partial charge in [-0.2, -0.15) is 0 Å². The fourth-order valence-corrected chi connectivity index (χ4v) is 2.30. The van der Waals surface area contributed by atoms with Crippen molar-refractivity contribution in [3.8, 4) is 11.1 Å². The number of benzene rings is 3. The van der Waals surface area contributed by atoms with Crippen LogP contribution in [0.1, 0.15) is 15.9 Å². The van der Waals surface area contributed by atoms with E-state index in [2.05, 4.69) is 0 Å². The molecule has 0 saturated heterocycles. The molecule has 22 heavy (non-hydrogen) atoms. The number of halogens is 2. The second kappa shape index (κ2) is 5.90. The number of carbonyl (C=O) groups excluding carboxylic acids is 1. The van der Waals surface area contributed by atoms with Crippen molar-refractivity contribution in [3.63, 3.8) is 0 Å². The van der Waals surface area contributed by atoms with Crippen molar-refractivity contribution in [3.05, 3.63) is 95.6 Å². The largest absolute Gasteiger partial charge is 0.289 e. The number of hydrogen-bond acceptors (Lipinski definition) is 1. The Labute approximate surface area is 126 Å². The van der Waals surface area contributed by atoms with Gasteiger partial charge in [-0.1, -0.05) is 54.6 Å². The van der Waals surface area contributed by atoms with Gasteiger partial charge >= 0.3 is 0 Å². The molecule has 0 aliphatic heterocycles. The van der Waals surface area contributed by atoms with Crippen molar-refractivity contribution in [2.24, 2.45) is 0 Å². The molecule has 0 heterocycles. The topological polar surface area (TPSA) is 17.1 Å². The smallest absolute Gasteiger partial charge is 0.193 e. The molecule has 1 nitrogen and oxygen atoms in total. The molecule has 3 heteroatoms. The number of rotatable bonds is 3. The van der Waals surface area contributed by atoms with Crippen LogP contribution in [-0.4, -0.2) is 5.78 Å². The summed E-state index contributed by atoms with van der Waals surface area (Å²) in [6.07, 6.45) is 0. The summed E-state index contributed by atoms with van der Waals surface area (Å²) in [5.74, 6) is -1.92. The summed E-state index contributed by atoms with van der Waals surface area (Å²) in [6, 6.07) is 19.5. The minimum Gasteiger partial charge on any atom is -0.289 e. The fraction of sp³-hybridized carbons (Fsp3) is 0. The van der Waals surface area contributed by atoms with E-state index in [1.54, 1.807) is 12.1 Å². The summed E-state index contributed by atoms with van der Waals surface area (Å²) in [4.78, 5) is 12.3. The van der Waals surface area contributed by atoms with E-state index < -0.39 is 17.4 Å². The highest BCUT2D eigenvalue weighted by Crippen LogP contribution is 2.21. The van der Waals surface area contributed by atoms with Gasteiger partial charge in [0.1, 0.15) is 11.6 Å². The van der Waals surface area contributed by atoms with Crippen LogP contribution >= 0.6 is 0 Å². The average molecular weight is 294 g/mol. The zero-order chi connectivity index (χ0) is 15.5. The zero-order valence-corrected chi connectivity index (χ0v) is 11.6. The van der Waals surface area contributed by atoms with Gasteiger partial charge < -0.3 is 0 Å². The van der Waals surface area contributed by atoms with Crippen molar-refractivity contribution in [1.29, 1.82) is 0 Å².